The molecule has 1 rings (SSSR count). The number of nitrogens with two attached hydrogens (primary N) is 1. The molecule has 0 bridgehead atoms. The molecule has 0 aromatic carbocycles. The summed E-state index contributed by atoms with van der Waals surface area (Å²) < 4.78 is 5.76. The zero-order valence-electron chi connectivity index (χ0n) is 10.3. The zero-order valence-corrected chi connectivity index (χ0v) is 10.3. The number of primary amides is 1. The van der Waals surface area contributed by atoms with E-state index in [2.05, 4.69) is 0 Å². The monoisotopic (exact) mass is 244 g/mol. The van der Waals surface area contributed by atoms with E-state index in [9.17, 15) is 9.59 Å². The molecule has 6 nitrogen and oxygen atoms in total. The number of hydrogen-bond acceptors (Lipinski definition) is 4. The lowest BCUT2D eigenvalue weighted by atomic mass is 10.1. The molecule has 98 valence electrons. The predicted octanol–water partition coefficient (Wildman–Crippen LogP) is -0.184. The maximum absolute atomic E-state index is 10.8. The summed E-state index contributed by atoms with van der Waals surface area (Å²) in [7, 11) is 0. The standard InChI is InChI=1S/C11H20N2O4/c1-11(2)4-3-8(17-11)5-13(6-9(12)14)7-10(15)16/h8H,3-7H2,1-2H3,(H2,12,14)(H,15,16). The van der Waals surface area contributed by atoms with Crippen LogP contribution < -0.4 is 5.73 Å². The Bertz CT molecular complexity index is 288. The summed E-state index contributed by atoms with van der Waals surface area (Å²) in [5.41, 5.74) is 4.92. The molecule has 6 heteroatoms. The van der Waals surface area contributed by atoms with Crippen LogP contribution in [0.3, 0.4) is 0 Å². The number of aliphatic carboxylic acids is 1. The normalized spacial score (nSPS) is 22.9. The average Bonchev–Trinajstić information content (AvgIpc) is 2.42. The van der Waals surface area contributed by atoms with E-state index in [0.29, 0.717) is 6.54 Å². The minimum Gasteiger partial charge on any atom is -0.480 e. The van der Waals surface area contributed by atoms with Gasteiger partial charge >= 0.3 is 5.97 Å². The van der Waals surface area contributed by atoms with E-state index < -0.39 is 11.9 Å². The van der Waals surface area contributed by atoms with Crippen LogP contribution in [0.15, 0.2) is 0 Å². The first-order chi connectivity index (χ1) is 7.78. The van der Waals surface area contributed by atoms with Gasteiger partial charge in [0, 0.05) is 6.54 Å². The van der Waals surface area contributed by atoms with Gasteiger partial charge in [-0.3, -0.25) is 14.5 Å². The average molecular weight is 244 g/mol. The highest BCUT2D eigenvalue weighted by molar-refractivity contribution is 5.77. The van der Waals surface area contributed by atoms with Crippen LogP contribution in [-0.2, 0) is 14.3 Å². The lowest BCUT2D eigenvalue weighted by Gasteiger charge is -2.24. The number of carboxylic acids is 1. The van der Waals surface area contributed by atoms with Crippen molar-refractivity contribution in [2.75, 3.05) is 19.6 Å². The Morgan fingerprint density at radius 2 is 2.12 bits per heavy atom. The molecule has 1 fully saturated rings. The molecular weight excluding hydrogens is 224 g/mol. The Morgan fingerprint density at radius 1 is 1.47 bits per heavy atom. The predicted molar refractivity (Wildman–Crippen MR) is 61.5 cm³/mol. The topological polar surface area (TPSA) is 92.9 Å². The second-order valence-electron chi connectivity index (χ2n) is 5.07. The van der Waals surface area contributed by atoms with E-state index in [-0.39, 0.29) is 24.8 Å². The van der Waals surface area contributed by atoms with Crippen LogP contribution in [-0.4, -0.2) is 53.2 Å². The first-order valence-electron chi connectivity index (χ1n) is 5.69. The maximum Gasteiger partial charge on any atom is 0.317 e. The zero-order chi connectivity index (χ0) is 13.1. The molecule has 3 N–H and O–H groups in total. The highest BCUT2D eigenvalue weighted by atomic mass is 16.5. The number of carboxylic acid groups (broad SMARTS) is 1. The molecule has 1 aliphatic heterocycles. The molecule has 1 heterocycles. The summed E-state index contributed by atoms with van der Waals surface area (Å²) in [5, 5.41) is 8.74. The third-order valence-corrected chi connectivity index (χ3v) is 2.75. The second kappa shape index (κ2) is 5.46. The van der Waals surface area contributed by atoms with E-state index in [0.717, 1.165) is 12.8 Å². The van der Waals surface area contributed by atoms with Crippen molar-refractivity contribution in [2.24, 2.45) is 5.73 Å². The Hall–Kier alpha value is -1.14. The summed E-state index contributed by atoms with van der Waals surface area (Å²) in [5.74, 6) is -1.49. The fourth-order valence-electron chi connectivity index (χ4n) is 2.09. The molecule has 1 atom stereocenters. The number of hydrogen-bond donors (Lipinski definition) is 2. The third-order valence-electron chi connectivity index (χ3n) is 2.75. The van der Waals surface area contributed by atoms with Gasteiger partial charge in [-0.1, -0.05) is 0 Å². The Morgan fingerprint density at radius 3 is 2.53 bits per heavy atom. The fraction of sp³-hybridized carbons (Fsp3) is 0.818. The van der Waals surface area contributed by atoms with E-state index in [4.69, 9.17) is 15.6 Å². The highest BCUT2D eigenvalue weighted by Gasteiger charge is 2.33. The summed E-state index contributed by atoms with van der Waals surface area (Å²) in [4.78, 5) is 23.0. The fourth-order valence-corrected chi connectivity index (χ4v) is 2.09. The minimum absolute atomic E-state index is 0.0244. The van der Waals surface area contributed by atoms with Crippen LogP contribution >= 0.6 is 0 Å². The van der Waals surface area contributed by atoms with Gasteiger partial charge in [0.25, 0.3) is 0 Å². The van der Waals surface area contributed by atoms with Gasteiger partial charge in [0.05, 0.1) is 24.8 Å². The molecular formula is C11H20N2O4. The van der Waals surface area contributed by atoms with Crippen LogP contribution in [0.2, 0.25) is 0 Å². The first kappa shape index (κ1) is 13.9. The third kappa shape index (κ3) is 5.14. The Balaban J connectivity index is 2.48. The van der Waals surface area contributed by atoms with Crippen molar-refractivity contribution in [1.82, 2.24) is 4.90 Å². The Kier molecular flexibility index (Phi) is 4.47. The summed E-state index contributed by atoms with van der Waals surface area (Å²) >= 11 is 0. The molecule has 17 heavy (non-hydrogen) atoms. The van der Waals surface area contributed by atoms with Crippen molar-refractivity contribution in [3.8, 4) is 0 Å². The van der Waals surface area contributed by atoms with Gasteiger partial charge in [0.1, 0.15) is 0 Å². The number of carbonyl (C=O) groups excluding carboxylic acids is 1. The minimum atomic E-state index is -0.969. The number of rotatable bonds is 6. The number of ether oxygens (including phenoxy) is 1. The molecule has 1 amide bonds. The molecule has 1 aliphatic rings. The second-order valence-corrected chi connectivity index (χ2v) is 5.07. The first-order valence-corrected chi connectivity index (χ1v) is 5.69. The lowest BCUT2D eigenvalue weighted by molar-refractivity contribution is -0.139. The molecule has 0 saturated carbocycles. The van der Waals surface area contributed by atoms with Gasteiger partial charge in [-0.15, -0.1) is 0 Å². The summed E-state index contributed by atoms with van der Waals surface area (Å²) in [6.07, 6.45) is 1.79. The van der Waals surface area contributed by atoms with Crippen LogP contribution in [0.5, 0.6) is 0 Å². The molecule has 0 aliphatic carbocycles. The highest BCUT2D eigenvalue weighted by Crippen LogP contribution is 2.29. The largest absolute Gasteiger partial charge is 0.480 e. The summed E-state index contributed by atoms with van der Waals surface area (Å²) in [6, 6.07) is 0. The van der Waals surface area contributed by atoms with Gasteiger partial charge in [-0.25, -0.2) is 0 Å². The quantitative estimate of drug-likeness (QED) is 0.676. The number of nitrogens with zero attached hydrogens (tertiary/aromatic N) is 1. The number of amides is 1. The smallest absolute Gasteiger partial charge is 0.317 e. The van der Waals surface area contributed by atoms with Crippen molar-refractivity contribution in [3.05, 3.63) is 0 Å². The van der Waals surface area contributed by atoms with Gasteiger partial charge in [0.2, 0.25) is 5.91 Å². The van der Waals surface area contributed by atoms with Crippen LogP contribution in [0.1, 0.15) is 26.7 Å². The maximum atomic E-state index is 10.8. The van der Waals surface area contributed by atoms with E-state index in [1.807, 2.05) is 13.8 Å². The van der Waals surface area contributed by atoms with Crippen molar-refractivity contribution in [2.45, 2.75) is 38.4 Å². The molecule has 0 aromatic heterocycles. The molecule has 0 aromatic rings. The van der Waals surface area contributed by atoms with Gasteiger partial charge in [-0.2, -0.15) is 0 Å². The lowest BCUT2D eigenvalue weighted by Crippen LogP contribution is -2.42. The van der Waals surface area contributed by atoms with Crippen LogP contribution in [0, 0.1) is 0 Å². The van der Waals surface area contributed by atoms with Crippen molar-refractivity contribution in [1.29, 1.82) is 0 Å². The van der Waals surface area contributed by atoms with Gasteiger partial charge in [0.15, 0.2) is 0 Å². The SMILES string of the molecule is CC1(C)CCC(CN(CC(N)=O)CC(=O)O)O1. The van der Waals surface area contributed by atoms with Gasteiger partial charge < -0.3 is 15.6 Å². The van der Waals surface area contributed by atoms with Crippen molar-refractivity contribution >= 4 is 11.9 Å². The van der Waals surface area contributed by atoms with Gasteiger partial charge in [-0.05, 0) is 26.7 Å². The van der Waals surface area contributed by atoms with E-state index in [1.165, 1.54) is 4.90 Å². The molecule has 1 unspecified atom stereocenters. The van der Waals surface area contributed by atoms with E-state index in [1.54, 1.807) is 0 Å². The number of carbonyl (C=O) groups is 2. The summed E-state index contributed by atoms with van der Waals surface area (Å²) in [6.45, 7) is 4.19. The van der Waals surface area contributed by atoms with Crippen molar-refractivity contribution in [3.63, 3.8) is 0 Å². The van der Waals surface area contributed by atoms with Crippen LogP contribution in [0.25, 0.3) is 0 Å². The molecule has 0 radical (unpaired) electrons. The van der Waals surface area contributed by atoms with E-state index >= 15 is 0 Å². The van der Waals surface area contributed by atoms with Crippen LogP contribution in [0.4, 0.5) is 0 Å². The van der Waals surface area contributed by atoms with Crippen molar-refractivity contribution < 1.29 is 19.4 Å². The molecule has 1 saturated heterocycles. The Labute approximate surface area is 101 Å². The molecule has 0 spiro atoms.